The van der Waals surface area contributed by atoms with Gasteiger partial charge in [0.25, 0.3) is 5.91 Å². The Morgan fingerprint density at radius 2 is 1.66 bits per heavy atom. The number of hydrogen-bond donors (Lipinski definition) is 4. The molecular formula is C31H45N5O5. The van der Waals surface area contributed by atoms with Crippen molar-refractivity contribution in [3.05, 3.63) is 35.9 Å². The number of nitrogens with two attached hydrogens (primary N) is 1. The Morgan fingerprint density at radius 1 is 1.02 bits per heavy atom. The van der Waals surface area contributed by atoms with E-state index in [0.717, 1.165) is 24.8 Å². The van der Waals surface area contributed by atoms with Crippen molar-refractivity contribution in [1.82, 2.24) is 20.9 Å². The molecule has 1 aromatic carbocycles. The molecule has 4 rings (SSSR count). The number of amides is 5. The summed E-state index contributed by atoms with van der Waals surface area (Å²) in [5, 5.41) is 8.58. The van der Waals surface area contributed by atoms with E-state index in [4.69, 9.17) is 5.73 Å². The van der Waals surface area contributed by atoms with Crippen LogP contribution in [0.1, 0.15) is 78.8 Å². The van der Waals surface area contributed by atoms with Crippen molar-refractivity contribution in [2.75, 3.05) is 6.54 Å². The van der Waals surface area contributed by atoms with Crippen molar-refractivity contribution in [3.63, 3.8) is 0 Å². The fraction of sp³-hybridized carbons (Fsp3) is 0.645. The van der Waals surface area contributed by atoms with Gasteiger partial charge in [0.1, 0.15) is 12.1 Å². The van der Waals surface area contributed by atoms with Crippen LogP contribution in [0.3, 0.4) is 0 Å². The van der Waals surface area contributed by atoms with Crippen LogP contribution < -0.4 is 21.7 Å². The minimum atomic E-state index is -1.08. The van der Waals surface area contributed by atoms with Gasteiger partial charge >= 0.3 is 6.03 Å². The highest BCUT2D eigenvalue weighted by Crippen LogP contribution is 2.65. The van der Waals surface area contributed by atoms with Gasteiger partial charge in [0.05, 0.1) is 12.1 Å². The highest BCUT2D eigenvalue weighted by Gasteiger charge is 2.70. The van der Waals surface area contributed by atoms with Gasteiger partial charge in [0, 0.05) is 6.54 Å². The number of carbonyl (C=O) groups is 5. The van der Waals surface area contributed by atoms with E-state index in [2.05, 4.69) is 29.8 Å². The van der Waals surface area contributed by atoms with Crippen LogP contribution in [0.4, 0.5) is 4.79 Å². The van der Waals surface area contributed by atoms with Crippen molar-refractivity contribution in [3.8, 4) is 0 Å². The number of ketones is 1. The van der Waals surface area contributed by atoms with Crippen LogP contribution in [0.15, 0.2) is 30.3 Å². The van der Waals surface area contributed by atoms with Crippen LogP contribution in [-0.2, 0) is 19.2 Å². The molecule has 3 fully saturated rings. The lowest BCUT2D eigenvalue weighted by atomic mass is 9.80. The monoisotopic (exact) mass is 567 g/mol. The minimum Gasteiger partial charge on any atom is -0.363 e. The van der Waals surface area contributed by atoms with Gasteiger partial charge in [-0.15, -0.1) is 0 Å². The molecule has 0 radical (unpaired) electrons. The Morgan fingerprint density at radius 3 is 2.20 bits per heavy atom. The molecule has 224 valence electrons. The molecule has 0 bridgehead atoms. The Hall–Kier alpha value is -3.43. The third kappa shape index (κ3) is 6.41. The molecule has 2 saturated carbocycles. The summed E-state index contributed by atoms with van der Waals surface area (Å²) in [6, 6.07) is 6.04. The van der Waals surface area contributed by atoms with Gasteiger partial charge in [0.2, 0.25) is 17.6 Å². The minimum absolute atomic E-state index is 0.0907. The number of carbonyl (C=O) groups excluding carboxylic acids is 5. The quantitative estimate of drug-likeness (QED) is 0.321. The maximum Gasteiger partial charge on any atom is 0.315 e. The number of Topliss-reactive ketones (excluding diaryl/α,β-unsaturated/α-hetero) is 1. The normalized spacial score (nSPS) is 25.1. The Kier molecular flexibility index (Phi) is 8.52. The molecular weight excluding hydrogens is 522 g/mol. The number of nitrogens with zero attached hydrogens (tertiary/aromatic N) is 1. The van der Waals surface area contributed by atoms with E-state index in [1.165, 1.54) is 0 Å². The van der Waals surface area contributed by atoms with Crippen LogP contribution in [0, 0.1) is 28.6 Å². The number of piperidine rings is 1. The Labute approximate surface area is 242 Å². The second kappa shape index (κ2) is 11.4. The first kappa shape index (κ1) is 30.5. The van der Waals surface area contributed by atoms with E-state index in [1.54, 1.807) is 4.90 Å². The maximum absolute atomic E-state index is 14.1. The first-order chi connectivity index (χ1) is 19.1. The zero-order valence-corrected chi connectivity index (χ0v) is 25.0. The lowest BCUT2D eigenvalue weighted by Gasteiger charge is -2.38. The number of rotatable bonds is 10. The van der Waals surface area contributed by atoms with E-state index in [9.17, 15) is 24.0 Å². The highest BCUT2D eigenvalue weighted by atomic mass is 16.2. The topological polar surface area (TPSA) is 151 Å². The molecule has 10 heteroatoms. The molecule has 0 aromatic heterocycles. The predicted molar refractivity (Wildman–Crippen MR) is 154 cm³/mol. The molecule has 5 amide bonds. The van der Waals surface area contributed by atoms with E-state index in [-0.39, 0.29) is 35.1 Å². The molecule has 1 unspecified atom stereocenters. The van der Waals surface area contributed by atoms with Crippen molar-refractivity contribution in [2.45, 2.75) is 91.4 Å². The van der Waals surface area contributed by atoms with Crippen molar-refractivity contribution in [1.29, 1.82) is 0 Å². The molecule has 1 aliphatic heterocycles. The predicted octanol–water partition coefficient (Wildman–Crippen LogP) is 2.67. The van der Waals surface area contributed by atoms with Gasteiger partial charge in [-0.1, -0.05) is 84.2 Å². The van der Waals surface area contributed by atoms with Crippen LogP contribution in [0.25, 0.3) is 0 Å². The summed E-state index contributed by atoms with van der Waals surface area (Å²) in [6.45, 7) is 12.0. The Balaban J connectivity index is 1.51. The van der Waals surface area contributed by atoms with Crippen molar-refractivity contribution in [2.24, 2.45) is 34.3 Å². The summed E-state index contributed by atoms with van der Waals surface area (Å²) < 4.78 is 0. The number of nitrogens with one attached hydrogen (secondary N) is 3. The SMILES string of the molecule is C[C@@H](NC(=O)N[C@H](C(=O)N1C[C@H]2[C@@H]([C@H]1C(=O)NC(CC1CCC1)C(=O)C(N)=O)C2(C)C)C(C)(C)C)c1ccccc1. The molecule has 1 saturated heterocycles. The summed E-state index contributed by atoms with van der Waals surface area (Å²) in [7, 11) is 0. The second-order valence-corrected chi connectivity index (χ2v) is 13.8. The highest BCUT2D eigenvalue weighted by molar-refractivity contribution is 6.37. The van der Waals surface area contributed by atoms with E-state index >= 15 is 0 Å². The van der Waals surface area contributed by atoms with Gasteiger partial charge in [-0.2, -0.15) is 0 Å². The smallest absolute Gasteiger partial charge is 0.315 e. The number of urea groups is 1. The summed E-state index contributed by atoms with van der Waals surface area (Å²) in [6.07, 6.45) is 3.29. The third-order valence-corrected chi connectivity index (χ3v) is 9.47. The van der Waals surface area contributed by atoms with Gasteiger partial charge in [-0.3, -0.25) is 19.2 Å². The molecule has 41 heavy (non-hydrogen) atoms. The average molecular weight is 568 g/mol. The number of fused-ring (bicyclic) bond motifs is 1. The van der Waals surface area contributed by atoms with Gasteiger partial charge < -0.3 is 26.6 Å². The third-order valence-electron chi connectivity index (χ3n) is 9.47. The van der Waals surface area contributed by atoms with Crippen LogP contribution in [-0.4, -0.2) is 59.1 Å². The number of benzene rings is 1. The second-order valence-electron chi connectivity index (χ2n) is 13.8. The van der Waals surface area contributed by atoms with E-state index in [1.807, 2.05) is 58.0 Å². The zero-order chi connectivity index (χ0) is 30.3. The van der Waals surface area contributed by atoms with Crippen molar-refractivity contribution >= 4 is 29.5 Å². The maximum atomic E-state index is 14.1. The molecule has 0 spiro atoms. The van der Waals surface area contributed by atoms with Gasteiger partial charge in [-0.05, 0) is 47.5 Å². The fourth-order valence-corrected chi connectivity index (χ4v) is 6.54. The van der Waals surface area contributed by atoms with Crippen molar-refractivity contribution < 1.29 is 24.0 Å². The first-order valence-corrected chi connectivity index (χ1v) is 14.7. The van der Waals surface area contributed by atoms with Crippen LogP contribution in [0.2, 0.25) is 0 Å². The molecule has 10 nitrogen and oxygen atoms in total. The lowest BCUT2D eigenvalue weighted by Crippen LogP contribution is -2.61. The van der Waals surface area contributed by atoms with E-state index in [0.29, 0.717) is 13.0 Å². The molecule has 1 aromatic rings. The first-order valence-electron chi connectivity index (χ1n) is 14.7. The summed E-state index contributed by atoms with van der Waals surface area (Å²) in [4.78, 5) is 66.9. The van der Waals surface area contributed by atoms with Gasteiger partial charge in [-0.25, -0.2) is 4.79 Å². The Bertz CT molecular complexity index is 1190. The zero-order valence-electron chi connectivity index (χ0n) is 25.0. The average Bonchev–Trinajstić information content (AvgIpc) is 3.20. The number of hydrogen-bond acceptors (Lipinski definition) is 5. The molecule has 2 aliphatic carbocycles. The number of likely N-dealkylation sites (tertiary alicyclic amines) is 1. The van der Waals surface area contributed by atoms with Gasteiger partial charge in [0.15, 0.2) is 0 Å². The summed E-state index contributed by atoms with van der Waals surface area (Å²) >= 11 is 0. The lowest BCUT2D eigenvalue weighted by molar-refractivity contribution is -0.145. The number of primary amides is 1. The molecule has 6 atom stereocenters. The molecule has 5 N–H and O–H groups in total. The van der Waals surface area contributed by atoms with E-state index < -0.39 is 47.2 Å². The molecule has 1 heterocycles. The van der Waals surface area contributed by atoms with Crippen LogP contribution in [0.5, 0.6) is 0 Å². The fourth-order valence-electron chi connectivity index (χ4n) is 6.54. The standard InChI is InChI=1S/C31H45N5O5/c1-17(19-13-8-7-9-14-19)33-29(41)35-25(30(2,3)4)28(40)36-16-20-22(31(20,5)6)23(36)27(39)34-21(24(37)26(32)38)15-18-11-10-12-18/h7-9,13-14,17-18,20-23,25H,10-12,15-16H2,1-6H3,(H2,32,38)(H,34,39)(H2,33,35,41)/t17-,20+,21?,22+,23+,25-/m1/s1. The molecule has 3 aliphatic rings. The summed E-state index contributed by atoms with van der Waals surface area (Å²) in [5.74, 6) is -2.41. The van der Waals surface area contributed by atoms with Crippen LogP contribution >= 0.6 is 0 Å². The largest absolute Gasteiger partial charge is 0.363 e. The summed E-state index contributed by atoms with van der Waals surface area (Å²) in [5.41, 5.74) is 5.44.